The van der Waals surface area contributed by atoms with Gasteiger partial charge in [-0.3, -0.25) is 0 Å². The van der Waals surface area contributed by atoms with Crippen LogP contribution in [0.3, 0.4) is 0 Å². The zero-order chi connectivity index (χ0) is 15.8. The standard InChI is InChI=1S/C16H28N4S/c1-6-20(13(2)3)15-9-7-14(8-10-15)18-16(21)17-11-12-19(4)5/h7-10,13H,6,11-12H2,1-5H3,(H2,17,18,21). The first-order chi connectivity index (χ1) is 9.93. The van der Waals surface area contributed by atoms with E-state index in [2.05, 4.69) is 65.5 Å². The normalized spacial score (nSPS) is 10.8. The summed E-state index contributed by atoms with van der Waals surface area (Å²) in [6.45, 7) is 9.40. The Hall–Kier alpha value is -1.33. The Labute approximate surface area is 134 Å². The van der Waals surface area contributed by atoms with Gasteiger partial charge in [0.1, 0.15) is 0 Å². The maximum atomic E-state index is 5.29. The Kier molecular flexibility index (Phi) is 7.47. The molecule has 0 aliphatic heterocycles. The minimum atomic E-state index is 0.502. The fraction of sp³-hybridized carbons (Fsp3) is 0.562. The molecular formula is C16H28N4S. The zero-order valence-electron chi connectivity index (χ0n) is 13.8. The second-order valence-electron chi connectivity index (χ2n) is 5.61. The van der Waals surface area contributed by atoms with Crippen molar-refractivity contribution in [3.63, 3.8) is 0 Å². The van der Waals surface area contributed by atoms with Crippen LogP contribution in [0, 0.1) is 0 Å². The topological polar surface area (TPSA) is 30.5 Å². The van der Waals surface area contributed by atoms with Crippen LogP contribution < -0.4 is 15.5 Å². The van der Waals surface area contributed by atoms with Gasteiger partial charge in [0.2, 0.25) is 0 Å². The number of benzene rings is 1. The molecule has 0 spiro atoms. The Morgan fingerprint density at radius 3 is 2.29 bits per heavy atom. The van der Waals surface area contributed by atoms with Gasteiger partial charge < -0.3 is 20.4 Å². The van der Waals surface area contributed by atoms with Gasteiger partial charge in [0.25, 0.3) is 0 Å². The fourth-order valence-electron chi connectivity index (χ4n) is 2.15. The van der Waals surface area contributed by atoms with E-state index in [4.69, 9.17) is 12.2 Å². The van der Waals surface area contributed by atoms with Crippen molar-refractivity contribution in [3.05, 3.63) is 24.3 Å². The molecule has 0 fully saturated rings. The molecule has 21 heavy (non-hydrogen) atoms. The number of rotatable bonds is 7. The minimum Gasteiger partial charge on any atom is -0.369 e. The second-order valence-corrected chi connectivity index (χ2v) is 6.02. The number of nitrogens with zero attached hydrogens (tertiary/aromatic N) is 2. The van der Waals surface area contributed by atoms with Crippen molar-refractivity contribution >= 4 is 28.7 Å². The van der Waals surface area contributed by atoms with Gasteiger partial charge in [0, 0.05) is 37.1 Å². The zero-order valence-corrected chi connectivity index (χ0v) is 14.6. The third kappa shape index (κ3) is 6.31. The lowest BCUT2D eigenvalue weighted by Crippen LogP contribution is -2.34. The first kappa shape index (κ1) is 17.7. The largest absolute Gasteiger partial charge is 0.369 e. The van der Waals surface area contributed by atoms with Crippen LogP contribution in [0.4, 0.5) is 11.4 Å². The van der Waals surface area contributed by atoms with Gasteiger partial charge in [0.05, 0.1) is 0 Å². The van der Waals surface area contributed by atoms with Gasteiger partial charge in [-0.25, -0.2) is 0 Å². The molecule has 118 valence electrons. The first-order valence-corrected chi connectivity index (χ1v) is 7.91. The molecule has 0 bridgehead atoms. The molecule has 0 unspecified atom stereocenters. The number of nitrogens with one attached hydrogen (secondary N) is 2. The van der Waals surface area contributed by atoms with Gasteiger partial charge in [0.15, 0.2) is 5.11 Å². The summed E-state index contributed by atoms with van der Waals surface area (Å²) in [4.78, 5) is 4.48. The molecule has 0 aliphatic rings. The highest BCUT2D eigenvalue weighted by atomic mass is 32.1. The van der Waals surface area contributed by atoms with Gasteiger partial charge in [-0.15, -0.1) is 0 Å². The van der Waals surface area contributed by atoms with Gasteiger partial charge >= 0.3 is 0 Å². The Balaban J connectivity index is 2.52. The Morgan fingerprint density at radius 2 is 1.81 bits per heavy atom. The molecule has 0 aromatic heterocycles. The quantitative estimate of drug-likeness (QED) is 0.756. The summed E-state index contributed by atoms with van der Waals surface area (Å²) in [6, 6.07) is 8.91. The van der Waals surface area contributed by atoms with E-state index in [0.717, 1.165) is 25.3 Å². The predicted molar refractivity (Wildman–Crippen MR) is 97.4 cm³/mol. The molecule has 4 nitrogen and oxygen atoms in total. The molecule has 2 N–H and O–H groups in total. The molecule has 0 saturated heterocycles. The van der Waals surface area contributed by atoms with Crippen LogP contribution in [0.5, 0.6) is 0 Å². The summed E-state index contributed by atoms with van der Waals surface area (Å²) < 4.78 is 0. The summed E-state index contributed by atoms with van der Waals surface area (Å²) >= 11 is 5.29. The second kappa shape index (κ2) is 8.85. The molecule has 1 aromatic carbocycles. The lowest BCUT2D eigenvalue weighted by Gasteiger charge is -2.27. The molecule has 0 amide bonds. The third-order valence-electron chi connectivity index (χ3n) is 3.27. The lowest BCUT2D eigenvalue weighted by molar-refractivity contribution is 0.413. The van der Waals surface area contributed by atoms with Crippen molar-refractivity contribution in [1.29, 1.82) is 0 Å². The highest BCUT2D eigenvalue weighted by molar-refractivity contribution is 7.80. The number of hydrogen-bond acceptors (Lipinski definition) is 3. The molecule has 0 heterocycles. The number of hydrogen-bond donors (Lipinski definition) is 2. The summed E-state index contributed by atoms with van der Waals surface area (Å²) in [5, 5.41) is 7.08. The summed E-state index contributed by atoms with van der Waals surface area (Å²) in [7, 11) is 4.09. The van der Waals surface area contributed by atoms with Gasteiger partial charge in [-0.1, -0.05) is 0 Å². The van der Waals surface area contributed by atoms with Crippen LogP contribution in [0.1, 0.15) is 20.8 Å². The molecule has 1 aromatic rings. The van der Waals surface area contributed by atoms with Gasteiger partial charge in [-0.05, 0) is 71.3 Å². The third-order valence-corrected chi connectivity index (χ3v) is 3.51. The van der Waals surface area contributed by atoms with E-state index in [-0.39, 0.29) is 0 Å². The van der Waals surface area contributed by atoms with Crippen LogP contribution in [0.15, 0.2) is 24.3 Å². The van der Waals surface area contributed by atoms with Crippen molar-refractivity contribution in [2.24, 2.45) is 0 Å². The van der Waals surface area contributed by atoms with Crippen LogP contribution >= 0.6 is 12.2 Å². The summed E-state index contributed by atoms with van der Waals surface area (Å²) in [5.74, 6) is 0. The van der Waals surface area contributed by atoms with E-state index in [0.29, 0.717) is 11.2 Å². The predicted octanol–water partition coefficient (Wildman–Crippen LogP) is 2.77. The first-order valence-electron chi connectivity index (χ1n) is 7.50. The number of thiocarbonyl (C=S) groups is 1. The average Bonchev–Trinajstić information content (AvgIpc) is 2.40. The number of anilines is 2. The van der Waals surface area contributed by atoms with Crippen LogP contribution in [-0.4, -0.2) is 49.8 Å². The van der Waals surface area contributed by atoms with Crippen LogP contribution in [0.2, 0.25) is 0 Å². The fourth-order valence-corrected chi connectivity index (χ4v) is 2.37. The Bertz CT molecular complexity index is 428. The molecule has 0 radical (unpaired) electrons. The highest BCUT2D eigenvalue weighted by Gasteiger charge is 2.07. The maximum Gasteiger partial charge on any atom is 0.170 e. The van der Waals surface area contributed by atoms with Crippen LogP contribution in [-0.2, 0) is 0 Å². The average molecular weight is 308 g/mol. The smallest absolute Gasteiger partial charge is 0.170 e. The van der Waals surface area contributed by atoms with E-state index in [9.17, 15) is 0 Å². The van der Waals surface area contributed by atoms with Crippen molar-refractivity contribution in [2.75, 3.05) is 43.9 Å². The van der Waals surface area contributed by atoms with E-state index in [1.807, 2.05) is 14.1 Å². The van der Waals surface area contributed by atoms with Crippen molar-refractivity contribution < 1.29 is 0 Å². The lowest BCUT2D eigenvalue weighted by atomic mass is 10.2. The molecule has 0 aliphatic carbocycles. The summed E-state index contributed by atoms with van der Waals surface area (Å²) in [5.41, 5.74) is 2.26. The van der Waals surface area contributed by atoms with Gasteiger partial charge in [-0.2, -0.15) is 0 Å². The van der Waals surface area contributed by atoms with E-state index < -0.39 is 0 Å². The molecule has 1 rings (SSSR count). The number of likely N-dealkylation sites (N-methyl/N-ethyl adjacent to an activating group) is 1. The Morgan fingerprint density at radius 1 is 1.19 bits per heavy atom. The monoisotopic (exact) mass is 308 g/mol. The van der Waals surface area contributed by atoms with E-state index in [1.165, 1.54) is 5.69 Å². The van der Waals surface area contributed by atoms with Crippen molar-refractivity contribution in [3.8, 4) is 0 Å². The maximum absolute atomic E-state index is 5.29. The molecule has 0 saturated carbocycles. The molecule has 0 atom stereocenters. The SMILES string of the molecule is CCN(c1ccc(NC(=S)NCCN(C)C)cc1)C(C)C. The molecule has 5 heteroatoms. The highest BCUT2D eigenvalue weighted by Crippen LogP contribution is 2.19. The summed E-state index contributed by atoms with van der Waals surface area (Å²) in [6.07, 6.45) is 0. The van der Waals surface area contributed by atoms with E-state index >= 15 is 0 Å². The van der Waals surface area contributed by atoms with Crippen molar-refractivity contribution in [1.82, 2.24) is 10.2 Å². The van der Waals surface area contributed by atoms with Crippen LogP contribution in [0.25, 0.3) is 0 Å². The van der Waals surface area contributed by atoms with Crippen molar-refractivity contribution in [2.45, 2.75) is 26.8 Å². The van der Waals surface area contributed by atoms with E-state index in [1.54, 1.807) is 0 Å². The minimum absolute atomic E-state index is 0.502. The molecular weight excluding hydrogens is 280 g/mol.